The maximum absolute atomic E-state index is 14.0. The molecule has 0 fully saturated rings. The van der Waals surface area contributed by atoms with Gasteiger partial charge in [0.1, 0.15) is 0 Å². The third kappa shape index (κ3) is 6.38. The predicted molar refractivity (Wildman–Crippen MR) is 93.9 cm³/mol. The summed E-state index contributed by atoms with van der Waals surface area (Å²) in [5.74, 6) is -7.24. The van der Waals surface area contributed by atoms with Crippen LogP contribution in [-0.4, -0.2) is 40.4 Å². The zero-order valence-electron chi connectivity index (χ0n) is 14.6. The fourth-order valence-corrected chi connectivity index (χ4v) is 3.39. The lowest BCUT2D eigenvalue weighted by Crippen LogP contribution is -2.62. The standard InChI is InChI=1S/C17H16F9IO2/c18-14(16(21,22)23,15(19,20)17(24,25)26)10-12(27)8-4-5-9-29-13(28)11-6-2-1-3-7-11/h1-3,6-7,12H,4-5,8-10H2. The molecule has 2 atom stereocenters. The molecule has 2 nitrogen and oxygen atoms in total. The lowest BCUT2D eigenvalue weighted by Gasteiger charge is -2.37. The van der Waals surface area contributed by atoms with Gasteiger partial charge < -0.3 is 4.74 Å². The molecule has 0 aliphatic carbocycles. The van der Waals surface area contributed by atoms with Crippen molar-refractivity contribution < 1.29 is 49.0 Å². The van der Waals surface area contributed by atoms with Crippen molar-refractivity contribution in [2.75, 3.05) is 6.61 Å². The second-order valence-electron chi connectivity index (χ2n) is 6.17. The number of carbonyl (C=O) groups excluding carboxylic acids is 1. The maximum atomic E-state index is 14.0. The fraction of sp³-hybridized carbons (Fsp3) is 0.588. The van der Waals surface area contributed by atoms with E-state index in [2.05, 4.69) is 0 Å². The van der Waals surface area contributed by atoms with Gasteiger partial charge in [0.2, 0.25) is 0 Å². The first-order valence-electron chi connectivity index (χ1n) is 8.20. The molecule has 0 saturated heterocycles. The van der Waals surface area contributed by atoms with E-state index in [0.29, 0.717) is 0 Å². The summed E-state index contributed by atoms with van der Waals surface area (Å²) in [5, 5.41) is 0. The van der Waals surface area contributed by atoms with Crippen molar-refractivity contribution in [1.29, 1.82) is 0 Å². The molecule has 0 spiro atoms. The Kier molecular flexibility index (Phi) is 8.67. The lowest BCUT2D eigenvalue weighted by atomic mass is 9.89. The minimum Gasteiger partial charge on any atom is -0.462 e. The van der Waals surface area contributed by atoms with Gasteiger partial charge in [0.25, 0.3) is 5.67 Å². The summed E-state index contributed by atoms with van der Waals surface area (Å²) in [6.07, 6.45) is -15.3. The van der Waals surface area contributed by atoms with Crippen LogP contribution in [0.25, 0.3) is 0 Å². The van der Waals surface area contributed by atoms with Gasteiger partial charge in [-0.1, -0.05) is 40.8 Å². The Balaban J connectivity index is 2.58. The van der Waals surface area contributed by atoms with Crippen LogP contribution in [-0.2, 0) is 4.74 Å². The van der Waals surface area contributed by atoms with Gasteiger partial charge in [0, 0.05) is 10.3 Å². The van der Waals surface area contributed by atoms with Gasteiger partial charge in [-0.3, -0.25) is 0 Å². The number of rotatable bonds is 9. The predicted octanol–water partition coefficient (Wildman–Crippen LogP) is 6.68. The van der Waals surface area contributed by atoms with Crippen LogP contribution in [0.1, 0.15) is 36.0 Å². The molecular formula is C17H16F9IO2. The number of halogens is 10. The monoisotopic (exact) mass is 550 g/mol. The van der Waals surface area contributed by atoms with E-state index in [0.717, 1.165) is 0 Å². The number of ether oxygens (including phenoxy) is 1. The molecule has 0 heterocycles. The number of unbranched alkanes of at least 4 members (excludes halogenated alkanes) is 1. The average Bonchev–Trinajstić information content (AvgIpc) is 2.59. The smallest absolute Gasteiger partial charge is 0.457 e. The SMILES string of the molecule is O=C(OCCCCC(I)CC(F)(C(F)(F)F)C(F)(F)C(F)(F)F)c1ccccc1. The topological polar surface area (TPSA) is 26.3 Å². The summed E-state index contributed by atoms with van der Waals surface area (Å²) in [7, 11) is 0. The van der Waals surface area contributed by atoms with Gasteiger partial charge in [-0.25, -0.2) is 9.18 Å². The number of alkyl halides is 10. The molecule has 0 N–H and O–H groups in total. The Hall–Kier alpha value is -1.21. The molecule has 0 aromatic heterocycles. The number of benzene rings is 1. The van der Waals surface area contributed by atoms with Gasteiger partial charge in [-0.2, -0.15) is 35.1 Å². The summed E-state index contributed by atoms with van der Waals surface area (Å²) >= 11 is 1.20. The van der Waals surface area contributed by atoms with E-state index >= 15 is 0 Å². The van der Waals surface area contributed by atoms with Gasteiger partial charge in [-0.05, 0) is 31.4 Å². The van der Waals surface area contributed by atoms with E-state index in [-0.39, 0.29) is 31.4 Å². The van der Waals surface area contributed by atoms with Crippen LogP contribution >= 0.6 is 22.6 Å². The molecular weight excluding hydrogens is 534 g/mol. The minimum atomic E-state index is -6.70. The van der Waals surface area contributed by atoms with Gasteiger partial charge in [0.15, 0.2) is 0 Å². The van der Waals surface area contributed by atoms with Crippen molar-refractivity contribution in [1.82, 2.24) is 0 Å². The van der Waals surface area contributed by atoms with Gasteiger partial charge in [0.05, 0.1) is 12.2 Å². The van der Waals surface area contributed by atoms with Gasteiger partial charge in [-0.15, -0.1) is 0 Å². The van der Waals surface area contributed by atoms with Gasteiger partial charge >= 0.3 is 24.2 Å². The number of esters is 1. The summed E-state index contributed by atoms with van der Waals surface area (Å²) < 4.78 is 119. The minimum absolute atomic E-state index is 0.0290. The maximum Gasteiger partial charge on any atom is 0.457 e. The first-order valence-corrected chi connectivity index (χ1v) is 9.44. The van der Waals surface area contributed by atoms with Crippen molar-refractivity contribution >= 4 is 28.6 Å². The van der Waals surface area contributed by atoms with E-state index in [1.165, 1.54) is 34.7 Å². The summed E-state index contributed by atoms with van der Waals surface area (Å²) in [5.41, 5.74) is -5.48. The van der Waals surface area contributed by atoms with Crippen LogP contribution in [0.15, 0.2) is 30.3 Å². The highest BCUT2D eigenvalue weighted by Crippen LogP contribution is 2.55. The van der Waals surface area contributed by atoms with Crippen LogP contribution in [0.3, 0.4) is 0 Å². The Morgan fingerprint density at radius 1 is 0.897 bits per heavy atom. The lowest BCUT2D eigenvalue weighted by molar-refractivity contribution is -0.384. The number of carbonyl (C=O) groups is 1. The van der Waals surface area contributed by atoms with Crippen molar-refractivity contribution in [3.8, 4) is 0 Å². The van der Waals surface area contributed by atoms with E-state index < -0.39 is 40.3 Å². The van der Waals surface area contributed by atoms with Crippen LogP contribution in [0, 0.1) is 0 Å². The van der Waals surface area contributed by atoms with Crippen LogP contribution < -0.4 is 0 Å². The molecule has 2 unspecified atom stereocenters. The molecule has 0 aliphatic heterocycles. The first kappa shape index (κ1) is 25.8. The molecule has 0 amide bonds. The van der Waals surface area contributed by atoms with E-state index in [1.54, 1.807) is 18.2 Å². The second-order valence-corrected chi connectivity index (χ2v) is 7.93. The molecule has 12 heteroatoms. The molecule has 166 valence electrons. The molecule has 1 rings (SSSR count). The number of hydrogen-bond acceptors (Lipinski definition) is 2. The molecule has 0 bridgehead atoms. The summed E-state index contributed by atoms with van der Waals surface area (Å²) in [6.45, 7) is -0.143. The molecule has 1 aromatic rings. The number of hydrogen-bond donors (Lipinski definition) is 0. The van der Waals surface area contributed by atoms with Crippen molar-refractivity contribution in [2.24, 2.45) is 0 Å². The van der Waals surface area contributed by atoms with Crippen LogP contribution in [0.2, 0.25) is 0 Å². The van der Waals surface area contributed by atoms with Crippen LogP contribution in [0.4, 0.5) is 39.5 Å². The molecule has 1 aromatic carbocycles. The third-order valence-corrected chi connectivity index (χ3v) is 5.02. The van der Waals surface area contributed by atoms with E-state index in [4.69, 9.17) is 4.74 Å². The quantitative estimate of drug-likeness (QED) is 0.113. The highest BCUT2D eigenvalue weighted by Gasteiger charge is 2.80. The Morgan fingerprint density at radius 3 is 1.93 bits per heavy atom. The Morgan fingerprint density at radius 2 is 1.45 bits per heavy atom. The molecule has 0 aliphatic rings. The van der Waals surface area contributed by atoms with E-state index in [9.17, 15) is 44.3 Å². The highest BCUT2D eigenvalue weighted by atomic mass is 127. The molecule has 0 saturated carbocycles. The summed E-state index contributed by atoms with van der Waals surface area (Å²) in [4.78, 5) is 11.7. The van der Waals surface area contributed by atoms with E-state index in [1.807, 2.05) is 0 Å². The fourth-order valence-electron chi connectivity index (χ4n) is 2.34. The highest BCUT2D eigenvalue weighted by molar-refractivity contribution is 14.1. The average molecular weight is 550 g/mol. The zero-order valence-corrected chi connectivity index (χ0v) is 16.8. The van der Waals surface area contributed by atoms with Crippen molar-refractivity contribution in [2.45, 2.75) is 53.6 Å². The Bertz CT molecular complexity index is 661. The molecule has 0 radical (unpaired) electrons. The first-order chi connectivity index (χ1) is 13.1. The second kappa shape index (κ2) is 9.73. The normalized spacial score (nSPS) is 16.2. The zero-order chi connectivity index (χ0) is 22.5. The third-order valence-electron chi connectivity index (χ3n) is 3.96. The molecule has 29 heavy (non-hydrogen) atoms. The van der Waals surface area contributed by atoms with Crippen molar-refractivity contribution in [3.05, 3.63) is 35.9 Å². The largest absolute Gasteiger partial charge is 0.462 e. The van der Waals surface area contributed by atoms with Crippen molar-refractivity contribution in [3.63, 3.8) is 0 Å². The summed E-state index contributed by atoms with van der Waals surface area (Å²) in [6, 6.07) is 7.84. The van der Waals surface area contributed by atoms with Crippen LogP contribution in [0.5, 0.6) is 0 Å². The Labute approximate surface area is 173 Å².